The second-order valence-corrected chi connectivity index (χ2v) is 14.9. The minimum Gasteiger partial charge on any atom is -0.127 e. The minimum absolute atomic E-state index is 1.21. The third kappa shape index (κ3) is 11.3. The molecule has 0 saturated heterocycles. The molecule has 0 N–H and O–H groups in total. The fraction of sp³-hybridized carbons (Fsp3) is 0.500. The summed E-state index contributed by atoms with van der Waals surface area (Å²) in [6.07, 6.45) is 3.73. The molecule has 0 aliphatic rings. The molecule has 0 aromatic heterocycles. The van der Waals surface area contributed by atoms with Gasteiger partial charge in [-0.05, 0) is 12.2 Å². The van der Waals surface area contributed by atoms with Crippen molar-refractivity contribution in [3.8, 4) is 22.9 Å². The summed E-state index contributed by atoms with van der Waals surface area (Å²) < 4.78 is 0. The van der Waals surface area contributed by atoms with Crippen LogP contribution in [0.2, 0.25) is 39.3 Å². The number of hydrogen-bond donors (Lipinski definition) is 0. The van der Waals surface area contributed by atoms with Gasteiger partial charge < -0.3 is 0 Å². The van der Waals surface area contributed by atoms with Crippen molar-refractivity contribution in [1.29, 1.82) is 0 Å². The van der Waals surface area contributed by atoms with Gasteiger partial charge in [-0.1, -0.05) is 51.1 Å². The third-order valence-electron chi connectivity index (χ3n) is 1.14. The molecule has 0 aromatic rings. The summed E-state index contributed by atoms with van der Waals surface area (Å²) in [6, 6.07) is 0. The van der Waals surface area contributed by atoms with E-state index in [9.17, 15) is 0 Å². The van der Waals surface area contributed by atoms with Crippen molar-refractivity contribution in [2.45, 2.75) is 39.3 Å². The van der Waals surface area contributed by atoms with Crippen LogP contribution in [-0.4, -0.2) is 16.1 Å². The van der Waals surface area contributed by atoms with Gasteiger partial charge in [0.2, 0.25) is 0 Å². The van der Waals surface area contributed by atoms with E-state index in [2.05, 4.69) is 62.2 Å². The largest absolute Gasteiger partial charge is 0.129 e. The first-order valence-corrected chi connectivity index (χ1v) is 11.9. The van der Waals surface area contributed by atoms with Crippen molar-refractivity contribution < 1.29 is 0 Å². The van der Waals surface area contributed by atoms with Crippen LogP contribution in [0, 0.1) is 22.9 Å². The molecule has 0 nitrogen and oxygen atoms in total. The van der Waals surface area contributed by atoms with Crippen molar-refractivity contribution in [2.75, 3.05) is 0 Å². The molecule has 0 atom stereocenters. The summed E-state index contributed by atoms with van der Waals surface area (Å²) in [7, 11) is -2.41. The van der Waals surface area contributed by atoms with Crippen LogP contribution in [0.1, 0.15) is 0 Å². The normalized spacial score (nSPS) is 11.6. The average Bonchev–Trinajstić information content (AvgIpc) is 1.92. The highest BCUT2D eigenvalue weighted by molar-refractivity contribution is 6.84. The maximum Gasteiger partial charge on any atom is 0.129 e. The Morgan fingerprint density at radius 2 is 0.929 bits per heavy atom. The molecule has 0 heterocycles. The predicted octanol–water partition coefficient (Wildman–Crippen LogP) is 3.30. The second kappa shape index (κ2) is 5.24. The monoisotopic (exact) mass is 220 g/mol. The molecule has 0 amide bonds. The van der Waals surface area contributed by atoms with E-state index in [0.29, 0.717) is 0 Å². The van der Waals surface area contributed by atoms with Gasteiger partial charge in [0.1, 0.15) is 16.1 Å². The second-order valence-electron chi connectivity index (χ2n) is 5.37. The van der Waals surface area contributed by atoms with Crippen LogP contribution in [0.5, 0.6) is 0 Å². The van der Waals surface area contributed by atoms with E-state index in [1.807, 2.05) is 12.2 Å². The summed E-state index contributed by atoms with van der Waals surface area (Å²) in [5, 5.41) is 0. The predicted molar refractivity (Wildman–Crippen MR) is 71.4 cm³/mol. The number of rotatable bonds is 0. The lowest BCUT2D eigenvalue weighted by Gasteiger charge is -2.02. The molecular formula is C12H20Si2. The van der Waals surface area contributed by atoms with E-state index >= 15 is 0 Å². The molecule has 14 heavy (non-hydrogen) atoms. The maximum absolute atomic E-state index is 3.27. The topological polar surface area (TPSA) is 0 Å². The van der Waals surface area contributed by atoms with Gasteiger partial charge in [-0.3, -0.25) is 0 Å². The van der Waals surface area contributed by atoms with Crippen molar-refractivity contribution in [3.63, 3.8) is 0 Å². The lowest BCUT2D eigenvalue weighted by atomic mass is 10.5. The van der Waals surface area contributed by atoms with E-state index in [1.165, 1.54) is 0 Å². The van der Waals surface area contributed by atoms with E-state index in [0.717, 1.165) is 0 Å². The third-order valence-corrected chi connectivity index (χ3v) is 2.93. The smallest absolute Gasteiger partial charge is 0.127 e. The first kappa shape index (κ1) is 13.3. The van der Waals surface area contributed by atoms with Crippen LogP contribution >= 0.6 is 0 Å². The molecular weight excluding hydrogens is 200 g/mol. The molecule has 0 saturated carbocycles. The fourth-order valence-corrected chi connectivity index (χ4v) is 1.63. The Kier molecular flexibility index (Phi) is 4.98. The first-order chi connectivity index (χ1) is 6.21. The van der Waals surface area contributed by atoms with Gasteiger partial charge in [0.15, 0.2) is 0 Å². The van der Waals surface area contributed by atoms with E-state index in [4.69, 9.17) is 0 Å². The van der Waals surface area contributed by atoms with Crippen molar-refractivity contribution in [3.05, 3.63) is 12.2 Å². The van der Waals surface area contributed by atoms with Crippen molar-refractivity contribution in [1.82, 2.24) is 0 Å². The quantitative estimate of drug-likeness (QED) is 0.434. The summed E-state index contributed by atoms with van der Waals surface area (Å²) in [4.78, 5) is 0. The molecule has 0 aromatic carbocycles. The number of hydrogen-bond acceptors (Lipinski definition) is 0. The van der Waals surface area contributed by atoms with Crippen LogP contribution < -0.4 is 0 Å². The standard InChI is InChI=1S/C12H20Si2/c1-13(2,3)11-9-7-8-10-12-14(4,5)6/h7-8H,1-6H3/b8-7+. The first-order valence-electron chi connectivity index (χ1n) is 4.91. The molecule has 0 unspecified atom stereocenters. The average molecular weight is 220 g/mol. The van der Waals surface area contributed by atoms with Gasteiger partial charge >= 0.3 is 0 Å². The fourth-order valence-electron chi connectivity index (χ4n) is 0.600. The van der Waals surface area contributed by atoms with Gasteiger partial charge in [-0.25, -0.2) is 0 Å². The Morgan fingerprint density at radius 3 is 1.14 bits per heavy atom. The molecule has 0 bridgehead atoms. The molecule has 0 aliphatic heterocycles. The Hall–Kier alpha value is -0.706. The highest BCUT2D eigenvalue weighted by atomic mass is 28.3. The summed E-state index contributed by atoms with van der Waals surface area (Å²) >= 11 is 0. The molecule has 0 rings (SSSR count). The van der Waals surface area contributed by atoms with Gasteiger partial charge in [-0.15, -0.1) is 11.1 Å². The van der Waals surface area contributed by atoms with E-state index in [-0.39, 0.29) is 0 Å². The van der Waals surface area contributed by atoms with Crippen LogP contribution in [-0.2, 0) is 0 Å². The van der Waals surface area contributed by atoms with Crippen molar-refractivity contribution >= 4 is 16.1 Å². The van der Waals surface area contributed by atoms with Crippen LogP contribution in [0.25, 0.3) is 0 Å². The van der Waals surface area contributed by atoms with Crippen LogP contribution in [0.4, 0.5) is 0 Å². The Morgan fingerprint density at radius 1 is 0.643 bits per heavy atom. The summed E-state index contributed by atoms with van der Waals surface area (Å²) in [6.45, 7) is 13.4. The Balaban J connectivity index is 4.20. The maximum atomic E-state index is 3.27. The van der Waals surface area contributed by atoms with Gasteiger partial charge in [-0.2, -0.15) is 0 Å². The summed E-state index contributed by atoms with van der Waals surface area (Å²) in [5.74, 6) is 6.11. The highest BCUT2D eigenvalue weighted by Gasteiger charge is 2.07. The van der Waals surface area contributed by atoms with Gasteiger partial charge in [0.25, 0.3) is 0 Å². The van der Waals surface area contributed by atoms with E-state index < -0.39 is 16.1 Å². The highest BCUT2D eigenvalue weighted by Crippen LogP contribution is 1.96. The lowest BCUT2D eigenvalue weighted by Crippen LogP contribution is -2.16. The van der Waals surface area contributed by atoms with Gasteiger partial charge in [0.05, 0.1) is 0 Å². The van der Waals surface area contributed by atoms with Crippen LogP contribution in [0.15, 0.2) is 12.2 Å². The zero-order chi connectivity index (χ0) is 11.2. The SMILES string of the molecule is C[Si](C)(C)C#C/C=C/C#C[Si](C)(C)C. The number of allylic oxidation sites excluding steroid dienone is 2. The Labute approximate surface area is 90.8 Å². The minimum atomic E-state index is -1.21. The van der Waals surface area contributed by atoms with Gasteiger partial charge in [0, 0.05) is 0 Å². The molecule has 2 heteroatoms. The summed E-state index contributed by atoms with van der Waals surface area (Å²) in [5.41, 5.74) is 6.53. The lowest BCUT2D eigenvalue weighted by molar-refractivity contribution is 1.81. The van der Waals surface area contributed by atoms with E-state index in [1.54, 1.807) is 0 Å². The van der Waals surface area contributed by atoms with Crippen LogP contribution in [0.3, 0.4) is 0 Å². The zero-order valence-corrected chi connectivity index (χ0v) is 12.2. The molecule has 0 radical (unpaired) electrons. The Bertz CT molecular complexity index is 282. The molecule has 76 valence electrons. The van der Waals surface area contributed by atoms with Crippen molar-refractivity contribution in [2.24, 2.45) is 0 Å². The molecule has 0 spiro atoms. The molecule has 0 aliphatic carbocycles. The zero-order valence-electron chi connectivity index (χ0n) is 10.2. The molecule has 0 fully saturated rings.